The quantitative estimate of drug-likeness (QED) is 0.589. The van der Waals surface area contributed by atoms with Crippen molar-refractivity contribution < 1.29 is 4.74 Å². The molecule has 0 aliphatic rings. The van der Waals surface area contributed by atoms with E-state index in [4.69, 9.17) is 4.74 Å². The molecule has 0 aliphatic heterocycles. The van der Waals surface area contributed by atoms with Crippen molar-refractivity contribution in [3.8, 4) is 5.75 Å². The number of fused-ring (bicyclic) bond motifs is 2. The highest BCUT2D eigenvalue weighted by molar-refractivity contribution is 6.00. The molecule has 17 heavy (non-hydrogen) atoms. The van der Waals surface area contributed by atoms with E-state index < -0.39 is 0 Å². The van der Waals surface area contributed by atoms with E-state index in [0.29, 0.717) is 6.61 Å². The molecule has 0 atom stereocenters. The van der Waals surface area contributed by atoms with Gasteiger partial charge in [0.15, 0.2) is 0 Å². The molecule has 1 radical (unpaired) electrons. The maximum Gasteiger partial charge on any atom is 0.127 e. The molecule has 0 heterocycles. The first-order chi connectivity index (χ1) is 8.38. The summed E-state index contributed by atoms with van der Waals surface area (Å²) in [6.07, 6.45) is 0. The average Bonchev–Trinajstić information content (AvgIpc) is 2.37. The van der Waals surface area contributed by atoms with Gasteiger partial charge < -0.3 is 4.74 Å². The Bertz CT molecular complexity index is 670. The summed E-state index contributed by atoms with van der Waals surface area (Å²) in [4.78, 5) is 0. The lowest BCUT2D eigenvalue weighted by Crippen LogP contribution is -1.92. The second-order valence-corrected chi connectivity index (χ2v) is 4.04. The van der Waals surface area contributed by atoms with Gasteiger partial charge in [0.05, 0.1) is 6.61 Å². The van der Waals surface area contributed by atoms with Crippen LogP contribution in [0.5, 0.6) is 5.75 Å². The zero-order chi connectivity index (χ0) is 11.7. The highest BCUT2D eigenvalue weighted by Crippen LogP contribution is 2.29. The Hall–Kier alpha value is -2.02. The topological polar surface area (TPSA) is 9.23 Å². The van der Waals surface area contributed by atoms with Crippen LogP contribution in [0.3, 0.4) is 0 Å². The van der Waals surface area contributed by atoms with E-state index in [0.717, 1.165) is 5.75 Å². The second kappa shape index (κ2) is 4.10. The van der Waals surface area contributed by atoms with Crippen molar-refractivity contribution in [3.63, 3.8) is 0 Å². The molecule has 1 heteroatoms. The van der Waals surface area contributed by atoms with Gasteiger partial charge in [-0.25, -0.2) is 0 Å². The van der Waals surface area contributed by atoms with Crippen molar-refractivity contribution in [2.75, 3.05) is 6.61 Å². The van der Waals surface area contributed by atoms with E-state index in [1.807, 2.05) is 31.2 Å². The van der Waals surface area contributed by atoms with Gasteiger partial charge in [0.25, 0.3) is 0 Å². The van der Waals surface area contributed by atoms with Crippen molar-refractivity contribution in [1.29, 1.82) is 0 Å². The fourth-order valence-electron chi connectivity index (χ4n) is 2.16. The first-order valence-corrected chi connectivity index (χ1v) is 5.84. The molecule has 0 saturated carbocycles. The molecule has 0 aromatic heterocycles. The van der Waals surface area contributed by atoms with Crippen LogP contribution >= 0.6 is 0 Å². The first kappa shape index (κ1) is 10.2. The van der Waals surface area contributed by atoms with Gasteiger partial charge in [0.2, 0.25) is 0 Å². The average molecular weight is 221 g/mol. The van der Waals surface area contributed by atoms with E-state index in [9.17, 15) is 0 Å². The van der Waals surface area contributed by atoms with Gasteiger partial charge in [-0.05, 0) is 53.4 Å². The van der Waals surface area contributed by atoms with Gasteiger partial charge in [-0.3, -0.25) is 0 Å². The minimum absolute atomic E-state index is 0.694. The van der Waals surface area contributed by atoms with Gasteiger partial charge in [0.1, 0.15) is 5.75 Å². The molecule has 0 unspecified atom stereocenters. The van der Waals surface area contributed by atoms with Gasteiger partial charge in [-0.1, -0.05) is 24.3 Å². The molecule has 0 amide bonds. The van der Waals surface area contributed by atoms with Crippen molar-refractivity contribution in [3.05, 3.63) is 54.6 Å². The van der Waals surface area contributed by atoms with Crippen LogP contribution in [0.4, 0.5) is 0 Å². The normalized spacial score (nSPS) is 10.9. The lowest BCUT2D eigenvalue weighted by molar-refractivity contribution is 0.344. The number of rotatable bonds is 2. The summed E-state index contributed by atoms with van der Waals surface area (Å²) >= 11 is 0. The predicted octanol–water partition coefficient (Wildman–Crippen LogP) is 4.19. The van der Waals surface area contributed by atoms with Gasteiger partial charge in [0, 0.05) is 5.39 Å². The number of hydrogen-bond acceptors (Lipinski definition) is 1. The maximum atomic E-state index is 5.66. The van der Waals surface area contributed by atoms with Crippen LogP contribution < -0.4 is 4.74 Å². The van der Waals surface area contributed by atoms with E-state index in [2.05, 4.69) is 30.3 Å². The van der Waals surface area contributed by atoms with Crippen LogP contribution in [-0.2, 0) is 0 Å². The number of hydrogen-bond donors (Lipinski definition) is 0. The van der Waals surface area contributed by atoms with Crippen LogP contribution in [0.15, 0.2) is 48.5 Å². The molecule has 0 N–H and O–H groups in total. The Kier molecular flexibility index (Phi) is 2.45. The predicted molar refractivity (Wildman–Crippen MR) is 71.5 cm³/mol. The van der Waals surface area contributed by atoms with E-state index in [1.165, 1.54) is 21.5 Å². The Morgan fingerprint density at radius 3 is 2.88 bits per heavy atom. The molecule has 3 rings (SSSR count). The third-order valence-electron chi connectivity index (χ3n) is 2.94. The summed E-state index contributed by atoms with van der Waals surface area (Å²) in [5, 5.41) is 4.83. The third kappa shape index (κ3) is 1.74. The van der Waals surface area contributed by atoms with Crippen molar-refractivity contribution in [1.82, 2.24) is 0 Å². The zero-order valence-corrected chi connectivity index (χ0v) is 9.73. The minimum Gasteiger partial charge on any atom is -0.493 e. The Morgan fingerprint density at radius 2 is 2.00 bits per heavy atom. The van der Waals surface area contributed by atoms with Crippen molar-refractivity contribution in [2.45, 2.75) is 6.92 Å². The molecule has 0 spiro atoms. The lowest BCUT2D eigenvalue weighted by Gasteiger charge is -2.08. The summed E-state index contributed by atoms with van der Waals surface area (Å²) in [7, 11) is 0. The highest BCUT2D eigenvalue weighted by atomic mass is 16.5. The fraction of sp³-hybridized carbons (Fsp3) is 0.125. The van der Waals surface area contributed by atoms with E-state index in [1.54, 1.807) is 0 Å². The largest absolute Gasteiger partial charge is 0.493 e. The third-order valence-corrected chi connectivity index (χ3v) is 2.94. The van der Waals surface area contributed by atoms with Crippen LogP contribution in [0, 0.1) is 6.07 Å². The van der Waals surface area contributed by atoms with Crippen LogP contribution in [0.1, 0.15) is 6.92 Å². The lowest BCUT2D eigenvalue weighted by atomic mass is 10.0. The van der Waals surface area contributed by atoms with Crippen LogP contribution in [0.2, 0.25) is 0 Å². The highest BCUT2D eigenvalue weighted by Gasteiger charge is 2.03. The molecule has 3 aromatic carbocycles. The molecule has 0 fully saturated rings. The summed E-state index contributed by atoms with van der Waals surface area (Å²) in [5.41, 5.74) is 0. The molecule has 0 aliphatic carbocycles. The van der Waals surface area contributed by atoms with Crippen LogP contribution in [-0.4, -0.2) is 6.61 Å². The van der Waals surface area contributed by atoms with Gasteiger partial charge in [-0.2, -0.15) is 0 Å². The minimum atomic E-state index is 0.694. The summed E-state index contributed by atoms with van der Waals surface area (Å²) in [6.45, 7) is 2.70. The molecular weight excluding hydrogens is 208 g/mol. The SMILES string of the molecule is CCOc1cccc2cc3c[c]ccc3cc12. The first-order valence-electron chi connectivity index (χ1n) is 5.84. The monoisotopic (exact) mass is 221 g/mol. The Balaban J connectivity index is 2.35. The molecule has 83 valence electrons. The molecule has 0 bridgehead atoms. The smallest absolute Gasteiger partial charge is 0.127 e. The summed E-state index contributed by atoms with van der Waals surface area (Å²) in [6, 6.07) is 19.7. The Labute approximate surface area is 101 Å². The second-order valence-electron chi connectivity index (χ2n) is 4.04. The number of ether oxygens (including phenoxy) is 1. The molecule has 3 aromatic rings. The molecule has 1 nitrogen and oxygen atoms in total. The standard InChI is InChI=1S/C16H13O/c1-2-17-16-9-5-8-14-10-12-6-3-4-7-13(12)11-15(14)16/h4-11H,2H2,1H3. The van der Waals surface area contributed by atoms with Crippen LogP contribution in [0.25, 0.3) is 21.5 Å². The summed E-state index contributed by atoms with van der Waals surface area (Å²) < 4.78 is 5.66. The maximum absolute atomic E-state index is 5.66. The van der Waals surface area contributed by atoms with Gasteiger partial charge >= 0.3 is 0 Å². The number of benzene rings is 3. The molecular formula is C16H13O. The van der Waals surface area contributed by atoms with Crippen molar-refractivity contribution >= 4 is 21.5 Å². The fourth-order valence-corrected chi connectivity index (χ4v) is 2.16. The molecule has 0 saturated heterocycles. The zero-order valence-electron chi connectivity index (χ0n) is 9.73. The van der Waals surface area contributed by atoms with Gasteiger partial charge in [-0.15, -0.1) is 0 Å². The van der Waals surface area contributed by atoms with Crippen molar-refractivity contribution in [2.24, 2.45) is 0 Å². The van der Waals surface area contributed by atoms with E-state index >= 15 is 0 Å². The van der Waals surface area contributed by atoms with E-state index in [-0.39, 0.29) is 0 Å². The summed E-state index contributed by atoms with van der Waals surface area (Å²) in [5.74, 6) is 0.958. The Morgan fingerprint density at radius 1 is 1.06 bits per heavy atom.